The Morgan fingerprint density at radius 2 is 2.00 bits per heavy atom. The number of halogens is 1. The summed E-state index contributed by atoms with van der Waals surface area (Å²) >= 11 is 7.43. The van der Waals surface area contributed by atoms with Crippen LogP contribution in [0.3, 0.4) is 0 Å². The van der Waals surface area contributed by atoms with E-state index < -0.39 is 0 Å². The smallest absolute Gasteiger partial charge is 0.254 e. The van der Waals surface area contributed by atoms with Gasteiger partial charge in [0.25, 0.3) is 5.91 Å². The molecule has 3 rings (SSSR count). The molecule has 0 saturated carbocycles. The summed E-state index contributed by atoms with van der Waals surface area (Å²) in [5, 5.41) is 8.43. The van der Waals surface area contributed by atoms with Crippen LogP contribution in [-0.4, -0.2) is 22.1 Å². The second-order valence-corrected chi connectivity index (χ2v) is 8.05. The van der Waals surface area contributed by atoms with Crippen LogP contribution < -0.4 is 5.32 Å². The summed E-state index contributed by atoms with van der Waals surface area (Å²) in [5.74, 6) is 1.32. The van der Waals surface area contributed by atoms with Gasteiger partial charge in [-0.05, 0) is 57.0 Å². The van der Waals surface area contributed by atoms with E-state index in [-0.39, 0.29) is 11.9 Å². The molecule has 0 unspecified atom stereocenters. The van der Waals surface area contributed by atoms with Gasteiger partial charge in [-0.15, -0.1) is 11.8 Å². The van der Waals surface area contributed by atoms with Crippen molar-refractivity contribution in [2.45, 2.75) is 44.0 Å². The molecule has 0 aliphatic rings. The van der Waals surface area contributed by atoms with Crippen LogP contribution in [0, 0.1) is 13.8 Å². The Morgan fingerprint density at radius 3 is 2.68 bits per heavy atom. The number of hydrogen-bond acceptors (Lipinski definition) is 5. The van der Waals surface area contributed by atoms with Crippen LogP contribution in [0.5, 0.6) is 0 Å². The van der Waals surface area contributed by atoms with Gasteiger partial charge in [-0.2, -0.15) is 0 Å². The molecule has 1 N–H and O–H groups in total. The fourth-order valence-electron chi connectivity index (χ4n) is 2.85. The Bertz CT molecular complexity index is 937. The molecular formula is C21H22ClN3O2S. The predicted octanol–water partition coefficient (Wildman–Crippen LogP) is 4.99. The first-order valence-corrected chi connectivity index (χ1v) is 10.3. The lowest BCUT2D eigenvalue weighted by Gasteiger charge is -2.15. The predicted molar refractivity (Wildman–Crippen MR) is 112 cm³/mol. The lowest BCUT2D eigenvalue weighted by Crippen LogP contribution is -2.34. The lowest BCUT2D eigenvalue weighted by molar-refractivity contribution is 0.0936. The molecular weight excluding hydrogens is 394 g/mol. The van der Waals surface area contributed by atoms with E-state index in [2.05, 4.69) is 15.5 Å². The molecule has 2 heterocycles. The van der Waals surface area contributed by atoms with Crippen molar-refractivity contribution in [1.82, 2.24) is 15.5 Å². The van der Waals surface area contributed by atoms with Gasteiger partial charge < -0.3 is 9.84 Å². The number of nitrogens with zero attached hydrogens (tertiary/aromatic N) is 2. The van der Waals surface area contributed by atoms with Gasteiger partial charge in [0.2, 0.25) is 0 Å². The zero-order chi connectivity index (χ0) is 20.1. The first kappa shape index (κ1) is 20.4. The van der Waals surface area contributed by atoms with Gasteiger partial charge >= 0.3 is 0 Å². The number of pyridine rings is 1. The standard InChI is InChI=1S/C21H22ClN3O2S/c1-13(11-16-6-8-17(22)9-7-16)24-20(26)18-5-4-10-23-21(18)28-12-19-14(2)25-27-15(19)3/h4-10,13H,11-12H2,1-3H3,(H,24,26)/t13-/m0/s1. The van der Waals surface area contributed by atoms with Gasteiger partial charge in [-0.25, -0.2) is 4.98 Å². The minimum Gasteiger partial charge on any atom is -0.361 e. The second-order valence-electron chi connectivity index (χ2n) is 6.65. The van der Waals surface area contributed by atoms with Crippen molar-refractivity contribution in [3.8, 4) is 0 Å². The Labute approximate surface area is 173 Å². The van der Waals surface area contributed by atoms with E-state index in [4.69, 9.17) is 16.1 Å². The van der Waals surface area contributed by atoms with Crippen LogP contribution in [0.1, 0.15) is 39.9 Å². The van der Waals surface area contributed by atoms with E-state index >= 15 is 0 Å². The maximum absolute atomic E-state index is 12.8. The van der Waals surface area contributed by atoms with Gasteiger partial charge in [-0.1, -0.05) is 28.9 Å². The van der Waals surface area contributed by atoms with Crippen LogP contribution in [0.2, 0.25) is 5.02 Å². The number of hydrogen-bond donors (Lipinski definition) is 1. The Hall–Kier alpha value is -2.31. The minimum absolute atomic E-state index is 0.0192. The third-order valence-corrected chi connectivity index (χ3v) is 5.67. The van der Waals surface area contributed by atoms with Crippen LogP contribution in [0.4, 0.5) is 0 Å². The Kier molecular flexibility index (Phi) is 6.75. The number of rotatable bonds is 7. The summed E-state index contributed by atoms with van der Waals surface area (Å²) in [5.41, 5.74) is 3.60. The van der Waals surface area contributed by atoms with E-state index in [1.165, 1.54) is 11.8 Å². The summed E-state index contributed by atoms with van der Waals surface area (Å²) in [6.07, 6.45) is 2.42. The van der Waals surface area contributed by atoms with Crippen molar-refractivity contribution in [3.05, 3.63) is 75.8 Å². The van der Waals surface area contributed by atoms with Crippen molar-refractivity contribution < 1.29 is 9.32 Å². The summed E-state index contributed by atoms with van der Waals surface area (Å²) in [6, 6.07) is 11.2. The van der Waals surface area contributed by atoms with E-state index in [1.54, 1.807) is 18.3 Å². The molecule has 1 aromatic carbocycles. The molecule has 0 aliphatic heterocycles. The summed E-state index contributed by atoms with van der Waals surface area (Å²) in [6.45, 7) is 5.79. The first-order chi connectivity index (χ1) is 13.4. The van der Waals surface area contributed by atoms with E-state index in [9.17, 15) is 4.79 Å². The molecule has 0 saturated heterocycles. The molecule has 7 heteroatoms. The largest absolute Gasteiger partial charge is 0.361 e. The molecule has 1 atom stereocenters. The topological polar surface area (TPSA) is 68.0 Å². The van der Waals surface area contributed by atoms with Crippen molar-refractivity contribution in [3.63, 3.8) is 0 Å². The molecule has 2 aromatic heterocycles. The molecule has 3 aromatic rings. The van der Waals surface area contributed by atoms with Crippen LogP contribution >= 0.6 is 23.4 Å². The van der Waals surface area contributed by atoms with Crippen molar-refractivity contribution in [2.24, 2.45) is 0 Å². The SMILES string of the molecule is Cc1noc(C)c1CSc1ncccc1C(=O)N[C@@H](C)Cc1ccc(Cl)cc1. The molecule has 0 aliphatic carbocycles. The van der Waals surface area contributed by atoms with E-state index in [0.717, 1.165) is 29.0 Å². The zero-order valence-electron chi connectivity index (χ0n) is 16.0. The highest BCUT2D eigenvalue weighted by molar-refractivity contribution is 7.98. The minimum atomic E-state index is -0.129. The molecule has 0 radical (unpaired) electrons. The first-order valence-electron chi connectivity index (χ1n) is 8.99. The van der Waals surface area contributed by atoms with Gasteiger partial charge in [0.1, 0.15) is 10.8 Å². The molecule has 0 spiro atoms. The van der Waals surface area contributed by atoms with Gasteiger partial charge in [0.05, 0.1) is 11.3 Å². The third-order valence-electron chi connectivity index (χ3n) is 4.38. The molecule has 28 heavy (non-hydrogen) atoms. The maximum atomic E-state index is 12.8. The molecule has 146 valence electrons. The Balaban J connectivity index is 1.65. The average molecular weight is 416 g/mol. The van der Waals surface area contributed by atoms with Crippen LogP contribution in [0.25, 0.3) is 0 Å². The maximum Gasteiger partial charge on any atom is 0.254 e. The zero-order valence-corrected chi connectivity index (χ0v) is 17.6. The summed E-state index contributed by atoms with van der Waals surface area (Å²) < 4.78 is 5.21. The van der Waals surface area contributed by atoms with Crippen molar-refractivity contribution >= 4 is 29.3 Å². The van der Waals surface area contributed by atoms with Gasteiger partial charge in [0, 0.05) is 28.6 Å². The fraction of sp³-hybridized carbons (Fsp3) is 0.286. The monoisotopic (exact) mass is 415 g/mol. The van der Waals surface area contributed by atoms with Crippen molar-refractivity contribution in [1.29, 1.82) is 0 Å². The molecule has 1 amide bonds. The highest BCUT2D eigenvalue weighted by Gasteiger charge is 2.17. The van der Waals surface area contributed by atoms with E-state index in [1.807, 2.05) is 45.0 Å². The Morgan fingerprint density at radius 1 is 1.25 bits per heavy atom. The highest BCUT2D eigenvalue weighted by Crippen LogP contribution is 2.27. The number of thioether (sulfide) groups is 1. The van der Waals surface area contributed by atoms with Gasteiger partial charge in [0.15, 0.2) is 0 Å². The van der Waals surface area contributed by atoms with Crippen LogP contribution in [-0.2, 0) is 12.2 Å². The molecule has 0 fully saturated rings. The second kappa shape index (κ2) is 9.26. The number of nitrogens with one attached hydrogen (secondary N) is 1. The summed E-state index contributed by atoms with van der Waals surface area (Å²) in [7, 11) is 0. The van der Waals surface area contributed by atoms with E-state index in [0.29, 0.717) is 21.4 Å². The highest BCUT2D eigenvalue weighted by atomic mass is 35.5. The number of benzene rings is 1. The van der Waals surface area contributed by atoms with Crippen molar-refractivity contribution in [2.75, 3.05) is 0 Å². The number of amides is 1. The number of aromatic nitrogens is 2. The fourth-order valence-corrected chi connectivity index (χ4v) is 4.12. The molecule has 5 nitrogen and oxygen atoms in total. The number of aryl methyl sites for hydroxylation is 2. The lowest BCUT2D eigenvalue weighted by atomic mass is 10.1. The molecule has 0 bridgehead atoms. The summed E-state index contributed by atoms with van der Waals surface area (Å²) in [4.78, 5) is 17.2. The third kappa shape index (κ3) is 5.14. The van der Waals surface area contributed by atoms with Gasteiger partial charge in [-0.3, -0.25) is 4.79 Å². The average Bonchev–Trinajstić information content (AvgIpc) is 3.00. The number of carbonyl (C=O) groups is 1. The van der Waals surface area contributed by atoms with Crippen LogP contribution in [0.15, 0.2) is 52.1 Å². The quantitative estimate of drug-likeness (QED) is 0.550. The normalized spacial score (nSPS) is 12.0. The number of carbonyl (C=O) groups excluding carboxylic acids is 1.